The van der Waals surface area contributed by atoms with Gasteiger partial charge in [0.2, 0.25) is 0 Å². The van der Waals surface area contributed by atoms with Gasteiger partial charge in [-0.25, -0.2) is 0 Å². The van der Waals surface area contributed by atoms with Crippen molar-refractivity contribution in [3.63, 3.8) is 0 Å². The largest absolute Gasteiger partial charge is 0.457 e. The van der Waals surface area contributed by atoms with Gasteiger partial charge in [-0.05, 0) is 73.2 Å². The van der Waals surface area contributed by atoms with Crippen LogP contribution in [0.1, 0.15) is 128 Å². The van der Waals surface area contributed by atoms with Crippen molar-refractivity contribution in [2.45, 2.75) is 139 Å². The Morgan fingerprint density at radius 1 is 0.512 bits per heavy atom. The molecular weight excluding hydrogens is 560 g/mol. The maximum atomic E-state index is 11.8. The molecule has 0 aliphatic rings. The first-order valence-corrected chi connectivity index (χ1v) is 18.3. The SMILES string of the molecule is CCCCCCCCCCc1cc(S(=O)(=O)O)ccc1Oc1ccc(S(=O)(=O)O)cc1CCCCCCCCCC. The molecule has 2 N–H and O–H groups in total. The summed E-state index contributed by atoms with van der Waals surface area (Å²) in [5, 5.41) is 0. The lowest BCUT2D eigenvalue weighted by Crippen LogP contribution is -2.03. The van der Waals surface area contributed by atoms with E-state index >= 15 is 0 Å². The van der Waals surface area contributed by atoms with Crippen molar-refractivity contribution in [3.8, 4) is 11.5 Å². The highest BCUT2D eigenvalue weighted by atomic mass is 32.2. The van der Waals surface area contributed by atoms with E-state index < -0.39 is 20.2 Å². The lowest BCUT2D eigenvalue weighted by molar-refractivity contribution is 0.462. The van der Waals surface area contributed by atoms with Crippen LogP contribution >= 0.6 is 0 Å². The summed E-state index contributed by atoms with van der Waals surface area (Å²) >= 11 is 0. The average molecular weight is 611 g/mol. The first-order valence-electron chi connectivity index (χ1n) is 15.4. The Bertz CT molecular complexity index is 1160. The van der Waals surface area contributed by atoms with Gasteiger partial charge in [-0.2, -0.15) is 16.8 Å². The fourth-order valence-corrected chi connectivity index (χ4v) is 6.10. The maximum absolute atomic E-state index is 11.8. The van der Waals surface area contributed by atoms with Crippen molar-refractivity contribution < 1.29 is 30.7 Å². The van der Waals surface area contributed by atoms with Gasteiger partial charge in [0.25, 0.3) is 20.2 Å². The Kier molecular flexibility index (Phi) is 16.0. The molecular formula is C32H50O7S2. The molecule has 2 aromatic carbocycles. The van der Waals surface area contributed by atoms with Crippen molar-refractivity contribution in [1.29, 1.82) is 0 Å². The number of rotatable bonds is 22. The Labute approximate surface area is 248 Å². The van der Waals surface area contributed by atoms with Gasteiger partial charge in [0.1, 0.15) is 11.5 Å². The second kappa shape index (κ2) is 18.6. The standard InChI is InChI=1S/C32H50O7S2/c1-3-5-7-9-11-13-15-17-19-27-25-29(40(33,34)35)21-23-31(27)39-32-24-22-30(41(36,37)38)26-28(32)20-18-16-14-12-10-8-6-4-2/h21-26H,3-20H2,1-2H3,(H,33,34,35)(H,36,37,38). The van der Waals surface area contributed by atoms with E-state index in [-0.39, 0.29) is 9.79 Å². The predicted molar refractivity (Wildman–Crippen MR) is 165 cm³/mol. The summed E-state index contributed by atoms with van der Waals surface area (Å²) < 4.78 is 72.8. The molecule has 7 nitrogen and oxygen atoms in total. The first kappa shape index (κ1) is 35.3. The van der Waals surface area contributed by atoms with E-state index in [0.29, 0.717) is 35.5 Å². The highest BCUT2D eigenvalue weighted by Gasteiger charge is 2.17. The van der Waals surface area contributed by atoms with Gasteiger partial charge in [0.05, 0.1) is 9.79 Å². The molecule has 0 amide bonds. The van der Waals surface area contributed by atoms with Gasteiger partial charge in [-0.1, -0.05) is 104 Å². The Morgan fingerprint density at radius 3 is 1.15 bits per heavy atom. The molecule has 0 fully saturated rings. The van der Waals surface area contributed by atoms with Gasteiger partial charge in [0, 0.05) is 0 Å². The molecule has 0 aliphatic carbocycles. The first-order chi connectivity index (χ1) is 19.6. The summed E-state index contributed by atoms with van der Waals surface area (Å²) in [7, 11) is -8.74. The van der Waals surface area contributed by atoms with Crippen molar-refractivity contribution in [1.82, 2.24) is 0 Å². The molecule has 0 atom stereocenters. The number of hydrogen-bond acceptors (Lipinski definition) is 5. The number of benzene rings is 2. The van der Waals surface area contributed by atoms with Gasteiger partial charge >= 0.3 is 0 Å². The molecule has 2 rings (SSSR count). The zero-order valence-electron chi connectivity index (χ0n) is 24.9. The molecule has 9 heteroatoms. The summed E-state index contributed by atoms with van der Waals surface area (Å²) in [6, 6.07) is 8.62. The smallest absolute Gasteiger partial charge is 0.294 e. The van der Waals surface area contributed by atoms with E-state index in [2.05, 4.69) is 13.8 Å². The van der Waals surface area contributed by atoms with Gasteiger partial charge < -0.3 is 4.74 Å². The van der Waals surface area contributed by atoms with E-state index in [1.54, 1.807) is 12.1 Å². The molecule has 0 radical (unpaired) electrons. The van der Waals surface area contributed by atoms with E-state index in [0.717, 1.165) is 38.5 Å². The maximum Gasteiger partial charge on any atom is 0.294 e. The van der Waals surface area contributed by atoms with Crippen LogP contribution in [0, 0.1) is 0 Å². The molecule has 232 valence electrons. The average Bonchev–Trinajstić information content (AvgIpc) is 2.92. The van der Waals surface area contributed by atoms with Gasteiger partial charge in [-0.15, -0.1) is 0 Å². The molecule has 0 heterocycles. The summed E-state index contributed by atoms with van der Waals surface area (Å²) in [6.07, 6.45) is 19.4. The Balaban J connectivity index is 2.16. The lowest BCUT2D eigenvalue weighted by Gasteiger charge is -2.16. The minimum Gasteiger partial charge on any atom is -0.457 e. The van der Waals surface area contributed by atoms with E-state index in [4.69, 9.17) is 4.74 Å². The van der Waals surface area contributed by atoms with Crippen molar-refractivity contribution in [2.24, 2.45) is 0 Å². The summed E-state index contributed by atoms with van der Waals surface area (Å²) in [5.74, 6) is 0.939. The second-order valence-electron chi connectivity index (χ2n) is 11.0. The molecule has 0 saturated carbocycles. The van der Waals surface area contributed by atoms with E-state index in [1.807, 2.05) is 0 Å². The zero-order chi connectivity index (χ0) is 30.1. The quantitative estimate of drug-likeness (QED) is 0.101. The van der Waals surface area contributed by atoms with Crippen LogP contribution in [0.15, 0.2) is 46.2 Å². The van der Waals surface area contributed by atoms with Crippen molar-refractivity contribution in [2.75, 3.05) is 0 Å². The molecule has 41 heavy (non-hydrogen) atoms. The van der Waals surface area contributed by atoms with Crippen LogP contribution in [-0.2, 0) is 33.1 Å². The fraction of sp³-hybridized carbons (Fsp3) is 0.625. The van der Waals surface area contributed by atoms with Crippen LogP contribution in [-0.4, -0.2) is 25.9 Å². The predicted octanol–water partition coefficient (Wildman–Crippen LogP) is 9.34. The minimum absolute atomic E-state index is 0.180. The van der Waals surface area contributed by atoms with Crippen LogP contribution in [0.25, 0.3) is 0 Å². The van der Waals surface area contributed by atoms with Gasteiger partial charge in [0.15, 0.2) is 0 Å². The number of aryl methyl sites for hydroxylation is 2. The van der Waals surface area contributed by atoms with E-state index in [9.17, 15) is 25.9 Å². The molecule has 0 aromatic heterocycles. The minimum atomic E-state index is -4.37. The molecule has 0 bridgehead atoms. The number of ether oxygens (including phenoxy) is 1. The van der Waals surface area contributed by atoms with Crippen LogP contribution in [0.2, 0.25) is 0 Å². The highest BCUT2D eigenvalue weighted by molar-refractivity contribution is 7.86. The zero-order valence-corrected chi connectivity index (χ0v) is 26.6. The van der Waals surface area contributed by atoms with Gasteiger partial charge in [-0.3, -0.25) is 9.11 Å². The number of unbranched alkanes of at least 4 members (excludes halogenated alkanes) is 14. The molecule has 0 saturated heterocycles. The third kappa shape index (κ3) is 13.7. The molecule has 2 aromatic rings. The van der Waals surface area contributed by atoms with Crippen LogP contribution < -0.4 is 4.74 Å². The summed E-state index contributed by atoms with van der Waals surface area (Å²) in [6.45, 7) is 4.39. The normalized spacial score (nSPS) is 12.1. The third-order valence-corrected chi connectivity index (χ3v) is 9.18. The topological polar surface area (TPSA) is 118 Å². The molecule has 0 aliphatic heterocycles. The summed E-state index contributed by atoms with van der Waals surface area (Å²) in [5.41, 5.74) is 1.34. The molecule has 0 unspecified atom stereocenters. The number of hydrogen-bond donors (Lipinski definition) is 2. The van der Waals surface area contributed by atoms with Crippen molar-refractivity contribution >= 4 is 20.2 Å². The van der Waals surface area contributed by atoms with Crippen LogP contribution in [0.4, 0.5) is 0 Å². The van der Waals surface area contributed by atoms with Crippen molar-refractivity contribution in [3.05, 3.63) is 47.5 Å². The fourth-order valence-electron chi connectivity index (χ4n) is 5.04. The van der Waals surface area contributed by atoms with Crippen LogP contribution in [0.5, 0.6) is 11.5 Å². The Hall–Kier alpha value is -1.94. The summed E-state index contributed by atoms with van der Waals surface area (Å²) in [4.78, 5) is -0.361. The lowest BCUT2D eigenvalue weighted by atomic mass is 10.0. The molecule has 0 spiro atoms. The second-order valence-corrected chi connectivity index (χ2v) is 13.9. The monoisotopic (exact) mass is 610 g/mol. The highest BCUT2D eigenvalue weighted by Crippen LogP contribution is 2.33. The Morgan fingerprint density at radius 2 is 0.829 bits per heavy atom. The van der Waals surface area contributed by atoms with E-state index in [1.165, 1.54) is 88.5 Å². The third-order valence-electron chi connectivity index (χ3n) is 7.48. The van der Waals surface area contributed by atoms with Crippen LogP contribution in [0.3, 0.4) is 0 Å².